The second-order valence-electron chi connectivity index (χ2n) is 7.23. The van der Waals surface area contributed by atoms with E-state index >= 15 is 0 Å². The fraction of sp³-hybridized carbons (Fsp3) is 0.250. The second kappa shape index (κ2) is 7.36. The summed E-state index contributed by atoms with van der Waals surface area (Å²) in [6.45, 7) is 6.39. The Morgan fingerprint density at radius 3 is 2.54 bits per heavy atom. The maximum atomic E-state index is 9.86. The van der Waals surface area contributed by atoms with Gasteiger partial charge in [0.15, 0.2) is 5.65 Å². The van der Waals surface area contributed by atoms with Gasteiger partial charge in [-0.2, -0.15) is 5.26 Å². The molecular formula is C24H24N4. The molecule has 4 rings (SSSR count). The molecule has 0 bridgehead atoms. The fourth-order valence-corrected chi connectivity index (χ4v) is 3.92. The van der Waals surface area contributed by atoms with Gasteiger partial charge in [0, 0.05) is 6.04 Å². The van der Waals surface area contributed by atoms with Crippen LogP contribution in [-0.2, 0) is 6.42 Å². The smallest absolute Gasteiger partial charge is 0.157 e. The summed E-state index contributed by atoms with van der Waals surface area (Å²) >= 11 is 0. The number of nitriles is 1. The number of para-hydroxylation sites is 2. The first-order valence-corrected chi connectivity index (χ1v) is 9.80. The third kappa shape index (κ3) is 2.90. The van der Waals surface area contributed by atoms with Crippen molar-refractivity contribution < 1.29 is 0 Å². The van der Waals surface area contributed by atoms with E-state index in [-0.39, 0.29) is 6.04 Å². The van der Waals surface area contributed by atoms with Gasteiger partial charge in [-0.05, 0) is 49.1 Å². The van der Waals surface area contributed by atoms with Crippen LogP contribution in [0.1, 0.15) is 48.6 Å². The molecular weight excluding hydrogens is 344 g/mol. The zero-order valence-corrected chi connectivity index (χ0v) is 16.5. The lowest BCUT2D eigenvalue weighted by Gasteiger charge is -2.22. The molecule has 0 saturated heterocycles. The first kappa shape index (κ1) is 18.1. The SMILES string of the molecule is CCCc1c(C)c(C#N)c2nc3ccccc3n2c1N[C@@H](C)c1ccccc1. The van der Waals surface area contributed by atoms with Crippen LogP contribution in [0.4, 0.5) is 5.82 Å². The predicted molar refractivity (Wildman–Crippen MR) is 115 cm³/mol. The minimum atomic E-state index is 0.133. The molecule has 140 valence electrons. The number of pyridine rings is 1. The number of imidazole rings is 1. The van der Waals surface area contributed by atoms with Crippen molar-refractivity contribution >= 4 is 22.5 Å². The molecule has 0 unspecified atom stereocenters. The minimum Gasteiger partial charge on any atom is -0.364 e. The molecule has 4 heteroatoms. The number of fused-ring (bicyclic) bond motifs is 3. The number of hydrogen-bond donors (Lipinski definition) is 1. The van der Waals surface area contributed by atoms with Crippen LogP contribution in [0.5, 0.6) is 0 Å². The summed E-state index contributed by atoms with van der Waals surface area (Å²) in [5.74, 6) is 1.04. The number of benzene rings is 2. The number of nitrogens with zero attached hydrogens (tertiary/aromatic N) is 3. The van der Waals surface area contributed by atoms with Gasteiger partial charge in [0.1, 0.15) is 11.9 Å². The van der Waals surface area contributed by atoms with Crippen molar-refractivity contribution in [2.24, 2.45) is 0 Å². The summed E-state index contributed by atoms with van der Waals surface area (Å²) in [5.41, 5.74) is 6.76. The topological polar surface area (TPSA) is 53.1 Å². The Balaban J connectivity index is 2.02. The fourth-order valence-electron chi connectivity index (χ4n) is 3.92. The lowest BCUT2D eigenvalue weighted by molar-refractivity contribution is 0.844. The number of anilines is 1. The van der Waals surface area contributed by atoms with Crippen molar-refractivity contribution in [3.8, 4) is 6.07 Å². The third-order valence-electron chi connectivity index (χ3n) is 5.39. The van der Waals surface area contributed by atoms with E-state index in [1.165, 1.54) is 11.1 Å². The van der Waals surface area contributed by atoms with Crippen LogP contribution in [0, 0.1) is 18.3 Å². The van der Waals surface area contributed by atoms with Crippen LogP contribution in [0.25, 0.3) is 16.7 Å². The Hall–Kier alpha value is -3.32. The Morgan fingerprint density at radius 2 is 1.82 bits per heavy atom. The predicted octanol–water partition coefficient (Wildman–Crippen LogP) is 5.79. The Bertz CT molecular complexity index is 1180. The maximum absolute atomic E-state index is 9.86. The van der Waals surface area contributed by atoms with Crippen molar-refractivity contribution in [1.29, 1.82) is 5.26 Å². The van der Waals surface area contributed by atoms with Crippen molar-refractivity contribution in [2.75, 3.05) is 5.32 Å². The van der Waals surface area contributed by atoms with Crippen LogP contribution in [-0.4, -0.2) is 9.38 Å². The second-order valence-corrected chi connectivity index (χ2v) is 7.23. The van der Waals surface area contributed by atoms with Crippen LogP contribution in [0.3, 0.4) is 0 Å². The Kier molecular flexibility index (Phi) is 4.75. The molecule has 0 saturated carbocycles. The van der Waals surface area contributed by atoms with E-state index in [0.29, 0.717) is 5.56 Å². The summed E-state index contributed by atoms with van der Waals surface area (Å²) in [7, 11) is 0. The van der Waals surface area contributed by atoms with Crippen LogP contribution in [0.2, 0.25) is 0 Å². The molecule has 0 aliphatic rings. The average Bonchev–Trinajstić information content (AvgIpc) is 3.10. The molecule has 2 aromatic heterocycles. The first-order chi connectivity index (χ1) is 13.7. The molecule has 2 aromatic carbocycles. The lowest BCUT2D eigenvalue weighted by Crippen LogP contribution is -2.14. The zero-order valence-electron chi connectivity index (χ0n) is 16.5. The molecule has 0 aliphatic carbocycles. The summed E-state index contributed by atoms with van der Waals surface area (Å²) in [5, 5.41) is 13.6. The van der Waals surface area contributed by atoms with Gasteiger partial charge >= 0.3 is 0 Å². The first-order valence-electron chi connectivity index (χ1n) is 9.80. The summed E-state index contributed by atoms with van der Waals surface area (Å²) in [6, 6.07) is 21.0. The van der Waals surface area contributed by atoms with E-state index in [4.69, 9.17) is 4.98 Å². The summed E-state index contributed by atoms with van der Waals surface area (Å²) in [6.07, 6.45) is 1.92. The number of rotatable bonds is 5. The highest BCUT2D eigenvalue weighted by atomic mass is 15.1. The molecule has 1 atom stereocenters. The number of aromatic nitrogens is 2. The molecule has 28 heavy (non-hydrogen) atoms. The zero-order chi connectivity index (χ0) is 19.7. The molecule has 0 amide bonds. The monoisotopic (exact) mass is 368 g/mol. The van der Waals surface area contributed by atoms with Crippen LogP contribution >= 0.6 is 0 Å². The molecule has 0 aliphatic heterocycles. The average molecular weight is 368 g/mol. The van der Waals surface area contributed by atoms with E-state index < -0.39 is 0 Å². The van der Waals surface area contributed by atoms with Gasteiger partial charge in [-0.25, -0.2) is 4.98 Å². The molecule has 1 N–H and O–H groups in total. The molecule has 0 spiro atoms. The van der Waals surface area contributed by atoms with Gasteiger partial charge < -0.3 is 5.32 Å². The number of nitrogens with one attached hydrogen (secondary N) is 1. The third-order valence-corrected chi connectivity index (χ3v) is 5.39. The van der Waals surface area contributed by atoms with Crippen LogP contribution < -0.4 is 5.32 Å². The highest BCUT2D eigenvalue weighted by molar-refractivity contribution is 5.86. The van der Waals surface area contributed by atoms with Gasteiger partial charge in [0.25, 0.3) is 0 Å². The van der Waals surface area contributed by atoms with E-state index in [2.05, 4.69) is 60.0 Å². The standard InChI is InChI=1S/C24H24N4/c1-4-10-19-16(2)20(15-25)24-27-21-13-8-9-14-22(21)28(24)23(19)26-17(3)18-11-6-5-7-12-18/h5-9,11-14,17,26H,4,10H2,1-3H3/t17-/m0/s1. The lowest BCUT2D eigenvalue weighted by atomic mass is 10.00. The van der Waals surface area contributed by atoms with Gasteiger partial charge in [0.2, 0.25) is 0 Å². The summed E-state index contributed by atoms with van der Waals surface area (Å²) < 4.78 is 2.13. The largest absolute Gasteiger partial charge is 0.364 e. The van der Waals surface area contributed by atoms with Gasteiger partial charge in [-0.15, -0.1) is 0 Å². The van der Waals surface area contributed by atoms with Crippen molar-refractivity contribution in [2.45, 2.75) is 39.7 Å². The molecule has 4 nitrogen and oxygen atoms in total. The minimum absolute atomic E-state index is 0.133. The van der Waals surface area contributed by atoms with Crippen molar-refractivity contribution in [1.82, 2.24) is 9.38 Å². The summed E-state index contributed by atoms with van der Waals surface area (Å²) in [4.78, 5) is 4.79. The molecule has 0 radical (unpaired) electrons. The van der Waals surface area contributed by atoms with Gasteiger partial charge in [-0.3, -0.25) is 4.40 Å². The highest BCUT2D eigenvalue weighted by Crippen LogP contribution is 2.33. The normalized spacial score (nSPS) is 12.2. The van der Waals surface area contributed by atoms with Crippen molar-refractivity contribution in [3.05, 3.63) is 76.9 Å². The van der Waals surface area contributed by atoms with E-state index in [1.807, 2.05) is 31.2 Å². The molecule has 2 heterocycles. The quantitative estimate of drug-likeness (QED) is 0.485. The Labute approximate surface area is 165 Å². The highest BCUT2D eigenvalue weighted by Gasteiger charge is 2.21. The maximum Gasteiger partial charge on any atom is 0.157 e. The van der Waals surface area contributed by atoms with E-state index in [9.17, 15) is 5.26 Å². The van der Waals surface area contributed by atoms with Crippen molar-refractivity contribution in [3.63, 3.8) is 0 Å². The van der Waals surface area contributed by atoms with E-state index in [0.717, 1.165) is 40.9 Å². The van der Waals surface area contributed by atoms with Gasteiger partial charge in [-0.1, -0.05) is 55.8 Å². The Morgan fingerprint density at radius 1 is 1.11 bits per heavy atom. The number of hydrogen-bond acceptors (Lipinski definition) is 3. The van der Waals surface area contributed by atoms with Crippen LogP contribution in [0.15, 0.2) is 54.6 Å². The molecule has 0 fully saturated rings. The van der Waals surface area contributed by atoms with E-state index in [1.54, 1.807) is 0 Å². The molecule has 4 aromatic rings. The van der Waals surface area contributed by atoms with Gasteiger partial charge in [0.05, 0.1) is 16.6 Å².